The number of allylic oxidation sites excluding steroid dienone is 2. The fraction of sp³-hybridized carbons (Fsp3) is 0.280. The fourth-order valence-electron chi connectivity index (χ4n) is 2.96. The van der Waals surface area contributed by atoms with E-state index in [2.05, 4.69) is 13.2 Å². The first-order valence-electron chi connectivity index (χ1n) is 10.0. The lowest BCUT2D eigenvalue weighted by atomic mass is 9.99. The predicted molar refractivity (Wildman–Crippen MR) is 117 cm³/mol. The minimum atomic E-state index is -1.21. The van der Waals surface area contributed by atoms with Crippen molar-refractivity contribution in [1.29, 1.82) is 0 Å². The molecule has 1 aliphatic rings. The van der Waals surface area contributed by atoms with Gasteiger partial charge in [0.1, 0.15) is 6.61 Å². The molecule has 0 amide bonds. The lowest BCUT2D eigenvalue weighted by Crippen LogP contribution is -2.10. The third kappa shape index (κ3) is 5.52. The first-order chi connectivity index (χ1) is 15.3. The molecule has 7 heteroatoms. The minimum Gasteiger partial charge on any atom is -0.491 e. The normalized spacial score (nSPS) is 11.6. The molecular weight excluding hydrogens is 424 g/mol. The smallest absolute Gasteiger partial charge is 0.207 e. The van der Waals surface area contributed by atoms with Gasteiger partial charge in [-0.05, 0) is 31.1 Å². The van der Waals surface area contributed by atoms with E-state index in [-0.39, 0.29) is 42.6 Å². The van der Waals surface area contributed by atoms with Gasteiger partial charge in [-0.1, -0.05) is 43.9 Å². The number of alkyl halides is 1. The molecule has 0 fully saturated rings. The van der Waals surface area contributed by atoms with Gasteiger partial charge in [-0.25, -0.2) is 0 Å². The van der Waals surface area contributed by atoms with Crippen LogP contribution in [0, 0.1) is 17.5 Å². The van der Waals surface area contributed by atoms with Crippen molar-refractivity contribution in [3.8, 4) is 23.0 Å². The minimum absolute atomic E-state index is 0.0560. The number of rotatable bonds is 8. The first kappa shape index (κ1) is 25.0. The number of ether oxygens (including phenoxy) is 3. The zero-order valence-electron chi connectivity index (χ0n) is 18.4. The highest BCUT2D eigenvalue weighted by molar-refractivity contribution is 5.55. The molecule has 1 aliphatic heterocycles. The van der Waals surface area contributed by atoms with Gasteiger partial charge in [-0.3, -0.25) is 4.39 Å². The van der Waals surface area contributed by atoms with Crippen LogP contribution in [-0.4, -0.2) is 20.4 Å². The number of hydrogen-bond acceptors (Lipinski definition) is 3. The van der Waals surface area contributed by atoms with Gasteiger partial charge < -0.3 is 14.2 Å². The third-order valence-corrected chi connectivity index (χ3v) is 4.66. The van der Waals surface area contributed by atoms with Crippen molar-refractivity contribution in [2.75, 3.05) is 20.4 Å². The second-order valence-electron chi connectivity index (χ2n) is 6.86. The highest BCUT2D eigenvalue weighted by Gasteiger charge is 2.29. The second kappa shape index (κ2) is 11.4. The summed E-state index contributed by atoms with van der Waals surface area (Å²) >= 11 is 0. The topological polar surface area (TPSA) is 27.7 Å². The van der Waals surface area contributed by atoms with Crippen LogP contribution in [0.25, 0.3) is 0 Å². The van der Waals surface area contributed by atoms with Crippen molar-refractivity contribution < 1.29 is 31.8 Å². The van der Waals surface area contributed by atoms with Gasteiger partial charge in [0.15, 0.2) is 23.0 Å². The monoisotopic (exact) mass is 450 g/mol. The summed E-state index contributed by atoms with van der Waals surface area (Å²) in [5.74, 6) is -3.92. The molecule has 0 bridgehead atoms. The Balaban J connectivity index is 0.00000176. The molecule has 0 aromatic heterocycles. The second-order valence-corrected chi connectivity index (χ2v) is 6.86. The Bertz CT molecular complexity index is 1030. The van der Waals surface area contributed by atoms with Crippen molar-refractivity contribution in [2.45, 2.75) is 26.7 Å². The Morgan fingerprint density at radius 3 is 2.22 bits per heavy atom. The Hall–Kier alpha value is -3.22. The van der Waals surface area contributed by atoms with E-state index in [4.69, 9.17) is 14.2 Å². The van der Waals surface area contributed by atoms with Crippen LogP contribution in [0.4, 0.5) is 17.6 Å². The Morgan fingerprint density at radius 2 is 1.56 bits per heavy atom. The summed E-state index contributed by atoms with van der Waals surface area (Å²) in [4.78, 5) is 0. The standard InChI is InChI=1S/C24H23F3O3.CH3F/c1-5-14(3)7-8-15(4)13-29-18-10-9-16-11-17-12-19(28-6-2)20(25)22(27)24(17)30-23(16)21(18)26;1-2/h7-10,12H,3-6,11,13H2,1-2H3;1H3/b8-7-;. The molecule has 0 aliphatic carbocycles. The van der Waals surface area contributed by atoms with Gasteiger partial charge in [0.25, 0.3) is 0 Å². The summed E-state index contributed by atoms with van der Waals surface area (Å²) < 4.78 is 69.1. The van der Waals surface area contributed by atoms with Gasteiger partial charge in [-0.15, -0.1) is 0 Å². The molecule has 3 nitrogen and oxygen atoms in total. The van der Waals surface area contributed by atoms with Crippen LogP contribution >= 0.6 is 0 Å². The van der Waals surface area contributed by atoms with E-state index < -0.39 is 17.5 Å². The lowest BCUT2D eigenvalue weighted by molar-refractivity contribution is 0.302. The fourth-order valence-corrected chi connectivity index (χ4v) is 2.96. The van der Waals surface area contributed by atoms with Gasteiger partial charge in [-0.2, -0.15) is 13.2 Å². The van der Waals surface area contributed by atoms with Crippen LogP contribution in [0.15, 0.2) is 54.7 Å². The van der Waals surface area contributed by atoms with Crippen LogP contribution in [0.5, 0.6) is 23.0 Å². The molecule has 0 spiro atoms. The predicted octanol–water partition coefficient (Wildman–Crippen LogP) is 7.24. The lowest BCUT2D eigenvalue weighted by Gasteiger charge is -2.23. The maximum atomic E-state index is 14.9. The van der Waals surface area contributed by atoms with Crippen molar-refractivity contribution in [3.05, 3.63) is 83.2 Å². The molecule has 0 saturated heterocycles. The summed E-state index contributed by atoms with van der Waals surface area (Å²) in [7, 11) is 0.500. The van der Waals surface area contributed by atoms with Gasteiger partial charge in [0.05, 0.1) is 13.8 Å². The highest BCUT2D eigenvalue weighted by Crippen LogP contribution is 2.44. The van der Waals surface area contributed by atoms with Crippen molar-refractivity contribution in [1.82, 2.24) is 0 Å². The zero-order chi connectivity index (χ0) is 23.8. The van der Waals surface area contributed by atoms with E-state index in [0.29, 0.717) is 23.9 Å². The van der Waals surface area contributed by atoms with Gasteiger partial charge >= 0.3 is 0 Å². The molecule has 0 N–H and O–H groups in total. The number of halogens is 4. The van der Waals surface area contributed by atoms with E-state index >= 15 is 0 Å². The summed E-state index contributed by atoms with van der Waals surface area (Å²) in [6.45, 7) is 11.6. The summed E-state index contributed by atoms with van der Waals surface area (Å²) in [5, 5.41) is 0. The van der Waals surface area contributed by atoms with Gasteiger partial charge in [0.2, 0.25) is 17.5 Å². The SMILES string of the molecule is C=C(/C=C\C(=C)COc1ccc2c(c1F)Oc1c(cc(OCC)c(F)c1F)C2)CC.CF. The molecule has 2 aromatic rings. The van der Waals surface area contributed by atoms with E-state index in [1.165, 1.54) is 12.1 Å². The highest BCUT2D eigenvalue weighted by atomic mass is 19.2. The molecule has 0 radical (unpaired) electrons. The quantitative estimate of drug-likeness (QED) is 0.267. The van der Waals surface area contributed by atoms with Crippen LogP contribution in [0.1, 0.15) is 31.4 Å². The Labute approximate surface area is 185 Å². The van der Waals surface area contributed by atoms with E-state index in [1.54, 1.807) is 19.1 Å². The molecular formula is C25H26F4O3. The molecule has 0 unspecified atom stereocenters. The largest absolute Gasteiger partial charge is 0.491 e. The van der Waals surface area contributed by atoms with E-state index in [9.17, 15) is 17.6 Å². The number of fused-ring (bicyclic) bond motifs is 2. The van der Waals surface area contributed by atoms with Crippen LogP contribution in [-0.2, 0) is 6.42 Å². The third-order valence-electron chi connectivity index (χ3n) is 4.66. The number of hydrogen-bond donors (Lipinski definition) is 0. The van der Waals surface area contributed by atoms with Gasteiger partial charge in [0, 0.05) is 17.5 Å². The zero-order valence-corrected chi connectivity index (χ0v) is 18.4. The first-order valence-corrected chi connectivity index (χ1v) is 10.0. The maximum absolute atomic E-state index is 14.9. The summed E-state index contributed by atoms with van der Waals surface area (Å²) in [6.07, 6.45) is 4.56. The van der Waals surface area contributed by atoms with Crippen molar-refractivity contribution >= 4 is 0 Å². The molecule has 0 atom stereocenters. The average Bonchev–Trinajstić information content (AvgIpc) is 2.81. The van der Waals surface area contributed by atoms with Crippen molar-refractivity contribution in [2.24, 2.45) is 0 Å². The molecule has 172 valence electrons. The molecule has 2 aromatic carbocycles. The molecule has 0 saturated carbocycles. The Kier molecular flexibility index (Phi) is 8.93. The van der Waals surface area contributed by atoms with Crippen molar-refractivity contribution in [3.63, 3.8) is 0 Å². The molecule has 32 heavy (non-hydrogen) atoms. The molecule has 1 heterocycles. The average molecular weight is 450 g/mol. The maximum Gasteiger partial charge on any atom is 0.207 e. The number of benzene rings is 2. The molecule has 3 rings (SSSR count). The summed E-state index contributed by atoms with van der Waals surface area (Å²) in [5.41, 5.74) is 2.45. The van der Waals surface area contributed by atoms with Crippen LogP contribution < -0.4 is 14.2 Å². The van der Waals surface area contributed by atoms with E-state index in [0.717, 1.165) is 12.0 Å². The van der Waals surface area contributed by atoms with Crippen LogP contribution in [0.3, 0.4) is 0 Å². The van der Waals surface area contributed by atoms with Crippen LogP contribution in [0.2, 0.25) is 0 Å². The summed E-state index contributed by atoms with van der Waals surface area (Å²) in [6, 6.07) is 4.49. The Morgan fingerprint density at radius 1 is 0.906 bits per heavy atom. The van der Waals surface area contributed by atoms with E-state index in [1.807, 2.05) is 13.0 Å².